The van der Waals surface area contributed by atoms with Crippen LogP contribution in [0.2, 0.25) is 0 Å². The number of hydrogen-bond donors (Lipinski definition) is 2. The Bertz CT molecular complexity index is 655. The maximum Gasteiger partial charge on any atom is 0.252 e. The number of anilines is 1. The standard InChI is InChI=1S/C15H15N3O2/c16-14(19)12-2-1-6-17-15(12)18-9-10-3-4-13-11(8-10)5-7-20-13/h1-4,6,8H,5,7,9H2,(H2,16,19)(H,17,18). The zero-order chi connectivity index (χ0) is 13.9. The summed E-state index contributed by atoms with van der Waals surface area (Å²) in [5.74, 6) is 0.990. The van der Waals surface area contributed by atoms with E-state index in [1.165, 1.54) is 5.56 Å². The molecule has 0 bridgehead atoms. The van der Waals surface area contributed by atoms with Crippen molar-refractivity contribution in [2.45, 2.75) is 13.0 Å². The number of nitrogens with one attached hydrogen (secondary N) is 1. The van der Waals surface area contributed by atoms with Gasteiger partial charge in [0.1, 0.15) is 11.6 Å². The van der Waals surface area contributed by atoms with E-state index in [0.717, 1.165) is 24.3 Å². The summed E-state index contributed by atoms with van der Waals surface area (Å²) in [5, 5.41) is 3.15. The second-order valence-electron chi connectivity index (χ2n) is 4.66. The Hall–Kier alpha value is -2.56. The Morgan fingerprint density at radius 1 is 1.40 bits per heavy atom. The highest BCUT2D eigenvalue weighted by Gasteiger charge is 2.12. The summed E-state index contributed by atoms with van der Waals surface area (Å²) in [7, 11) is 0. The Morgan fingerprint density at radius 2 is 2.30 bits per heavy atom. The number of primary amides is 1. The van der Waals surface area contributed by atoms with E-state index in [2.05, 4.69) is 16.4 Å². The predicted octanol–water partition coefficient (Wildman–Crippen LogP) is 1.73. The first kappa shape index (κ1) is 12.5. The maximum absolute atomic E-state index is 11.3. The monoisotopic (exact) mass is 269 g/mol. The number of aromatic nitrogens is 1. The molecule has 1 aromatic heterocycles. The van der Waals surface area contributed by atoms with Crippen LogP contribution in [0.25, 0.3) is 0 Å². The van der Waals surface area contributed by atoms with Gasteiger partial charge in [0, 0.05) is 19.2 Å². The summed E-state index contributed by atoms with van der Waals surface area (Å²) in [6, 6.07) is 9.45. The van der Waals surface area contributed by atoms with Gasteiger partial charge in [-0.15, -0.1) is 0 Å². The van der Waals surface area contributed by atoms with Gasteiger partial charge in [0.25, 0.3) is 5.91 Å². The predicted molar refractivity (Wildman–Crippen MR) is 75.7 cm³/mol. The third kappa shape index (κ3) is 2.42. The first-order valence-electron chi connectivity index (χ1n) is 6.47. The van der Waals surface area contributed by atoms with Crippen LogP contribution in [0.4, 0.5) is 5.82 Å². The van der Waals surface area contributed by atoms with Crippen LogP contribution >= 0.6 is 0 Å². The van der Waals surface area contributed by atoms with Gasteiger partial charge < -0.3 is 15.8 Å². The molecule has 1 aromatic carbocycles. The van der Waals surface area contributed by atoms with Gasteiger partial charge in [0.15, 0.2) is 0 Å². The van der Waals surface area contributed by atoms with E-state index in [1.807, 2.05) is 12.1 Å². The molecule has 0 unspecified atom stereocenters. The minimum atomic E-state index is -0.483. The molecule has 1 amide bonds. The van der Waals surface area contributed by atoms with Gasteiger partial charge in [-0.25, -0.2) is 4.98 Å². The van der Waals surface area contributed by atoms with Crippen molar-refractivity contribution in [2.75, 3.05) is 11.9 Å². The first-order valence-corrected chi connectivity index (χ1v) is 6.47. The normalized spacial score (nSPS) is 12.6. The van der Waals surface area contributed by atoms with E-state index in [-0.39, 0.29) is 0 Å². The van der Waals surface area contributed by atoms with Crippen LogP contribution in [0, 0.1) is 0 Å². The fourth-order valence-corrected chi connectivity index (χ4v) is 2.28. The molecule has 0 radical (unpaired) electrons. The van der Waals surface area contributed by atoms with Crippen molar-refractivity contribution in [3.63, 3.8) is 0 Å². The van der Waals surface area contributed by atoms with E-state index in [1.54, 1.807) is 18.3 Å². The van der Waals surface area contributed by atoms with Crippen molar-refractivity contribution >= 4 is 11.7 Å². The average Bonchev–Trinajstić information content (AvgIpc) is 2.92. The average molecular weight is 269 g/mol. The van der Waals surface area contributed by atoms with Crippen LogP contribution in [0.15, 0.2) is 36.5 Å². The van der Waals surface area contributed by atoms with Crippen LogP contribution in [-0.4, -0.2) is 17.5 Å². The van der Waals surface area contributed by atoms with Gasteiger partial charge in [0.2, 0.25) is 0 Å². The van der Waals surface area contributed by atoms with Crippen molar-refractivity contribution in [2.24, 2.45) is 5.73 Å². The number of rotatable bonds is 4. The molecule has 5 nitrogen and oxygen atoms in total. The van der Waals surface area contributed by atoms with E-state index >= 15 is 0 Å². The van der Waals surface area contributed by atoms with Crippen molar-refractivity contribution in [1.29, 1.82) is 0 Å². The third-order valence-corrected chi connectivity index (χ3v) is 3.29. The minimum absolute atomic E-state index is 0.400. The molecule has 0 spiro atoms. The van der Waals surface area contributed by atoms with Gasteiger partial charge in [-0.2, -0.15) is 0 Å². The molecular weight excluding hydrogens is 254 g/mol. The molecule has 3 N–H and O–H groups in total. The molecule has 1 aliphatic heterocycles. The minimum Gasteiger partial charge on any atom is -0.493 e. The molecule has 20 heavy (non-hydrogen) atoms. The molecule has 102 valence electrons. The number of carbonyl (C=O) groups excluding carboxylic acids is 1. The van der Waals surface area contributed by atoms with E-state index in [4.69, 9.17) is 10.5 Å². The Kier molecular flexibility index (Phi) is 3.25. The fraction of sp³-hybridized carbons (Fsp3) is 0.200. The number of nitrogens with two attached hydrogens (primary N) is 1. The van der Waals surface area contributed by atoms with Crippen LogP contribution in [0.5, 0.6) is 5.75 Å². The first-order chi connectivity index (χ1) is 9.74. The SMILES string of the molecule is NC(=O)c1cccnc1NCc1ccc2c(c1)CCO2. The largest absolute Gasteiger partial charge is 0.493 e. The van der Waals surface area contributed by atoms with E-state index in [9.17, 15) is 4.79 Å². The molecule has 0 saturated carbocycles. The molecule has 0 saturated heterocycles. The van der Waals surface area contributed by atoms with E-state index < -0.39 is 5.91 Å². The number of ether oxygens (including phenoxy) is 1. The summed E-state index contributed by atoms with van der Waals surface area (Å²) < 4.78 is 5.47. The Labute approximate surface area is 116 Å². The van der Waals surface area contributed by atoms with Crippen molar-refractivity contribution in [3.8, 4) is 5.75 Å². The molecular formula is C15H15N3O2. The number of carbonyl (C=O) groups is 1. The summed E-state index contributed by atoms with van der Waals surface area (Å²) in [6.07, 6.45) is 2.57. The molecule has 3 rings (SSSR count). The second-order valence-corrected chi connectivity index (χ2v) is 4.66. The molecule has 0 fully saturated rings. The quantitative estimate of drug-likeness (QED) is 0.886. The van der Waals surface area contributed by atoms with Crippen LogP contribution in [0.3, 0.4) is 0 Å². The third-order valence-electron chi connectivity index (χ3n) is 3.29. The Morgan fingerprint density at radius 3 is 3.15 bits per heavy atom. The summed E-state index contributed by atoms with van der Waals surface area (Å²) >= 11 is 0. The molecule has 0 atom stereocenters. The number of pyridine rings is 1. The topological polar surface area (TPSA) is 77.2 Å². The van der Waals surface area contributed by atoms with Crippen LogP contribution in [-0.2, 0) is 13.0 Å². The number of benzene rings is 1. The summed E-state index contributed by atoms with van der Waals surface area (Å²) in [4.78, 5) is 15.5. The smallest absolute Gasteiger partial charge is 0.252 e. The second kappa shape index (κ2) is 5.21. The molecule has 1 aliphatic rings. The van der Waals surface area contributed by atoms with Crippen LogP contribution < -0.4 is 15.8 Å². The zero-order valence-corrected chi connectivity index (χ0v) is 10.9. The lowest BCUT2D eigenvalue weighted by molar-refractivity contribution is 0.100. The van der Waals surface area contributed by atoms with Crippen molar-refractivity contribution in [3.05, 3.63) is 53.2 Å². The highest BCUT2D eigenvalue weighted by Crippen LogP contribution is 2.26. The van der Waals surface area contributed by atoms with Gasteiger partial charge >= 0.3 is 0 Å². The lowest BCUT2D eigenvalue weighted by Gasteiger charge is -2.09. The lowest BCUT2D eigenvalue weighted by Crippen LogP contribution is -2.15. The number of amides is 1. The van der Waals surface area contributed by atoms with Gasteiger partial charge in [-0.05, 0) is 29.3 Å². The summed E-state index contributed by atoms with van der Waals surface area (Å²) in [5.41, 5.74) is 8.07. The van der Waals surface area contributed by atoms with Gasteiger partial charge in [-0.3, -0.25) is 4.79 Å². The molecule has 2 aromatic rings. The number of nitrogens with zero attached hydrogens (tertiary/aromatic N) is 1. The molecule has 5 heteroatoms. The highest BCUT2D eigenvalue weighted by molar-refractivity contribution is 5.97. The molecule has 0 aliphatic carbocycles. The van der Waals surface area contributed by atoms with Crippen molar-refractivity contribution < 1.29 is 9.53 Å². The zero-order valence-electron chi connectivity index (χ0n) is 10.9. The molecule has 2 heterocycles. The number of fused-ring (bicyclic) bond motifs is 1. The summed E-state index contributed by atoms with van der Waals surface area (Å²) in [6.45, 7) is 1.34. The highest BCUT2D eigenvalue weighted by atomic mass is 16.5. The lowest BCUT2D eigenvalue weighted by atomic mass is 10.1. The van der Waals surface area contributed by atoms with E-state index in [0.29, 0.717) is 17.9 Å². The number of hydrogen-bond acceptors (Lipinski definition) is 4. The van der Waals surface area contributed by atoms with Crippen molar-refractivity contribution in [1.82, 2.24) is 4.98 Å². The van der Waals surface area contributed by atoms with Crippen LogP contribution in [0.1, 0.15) is 21.5 Å². The van der Waals surface area contributed by atoms with Gasteiger partial charge in [-0.1, -0.05) is 12.1 Å². The van der Waals surface area contributed by atoms with Gasteiger partial charge in [0.05, 0.1) is 12.2 Å². The fourth-order valence-electron chi connectivity index (χ4n) is 2.28. The maximum atomic E-state index is 11.3. The Balaban J connectivity index is 1.75.